The Morgan fingerprint density at radius 2 is 1.81 bits per heavy atom. The van der Waals surface area contributed by atoms with E-state index in [0.717, 1.165) is 75.7 Å². The fourth-order valence-electron chi connectivity index (χ4n) is 4.62. The van der Waals surface area contributed by atoms with Crippen LogP contribution in [0.4, 0.5) is 4.39 Å². The third kappa shape index (κ3) is 4.28. The zero-order chi connectivity index (χ0) is 21.2. The number of ether oxygens (including phenoxy) is 1. The number of aromatic nitrogens is 4. The number of nitrogens with one attached hydrogen (secondary N) is 1. The van der Waals surface area contributed by atoms with Crippen LogP contribution in [0.15, 0.2) is 30.5 Å². The summed E-state index contributed by atoms with van der Waals surface area (Å²) in [5.41, 5.74) is 6.92. The number of fused-ring (bicyclic) bond motifs is 1. The molecule has 0 unspecified atom stereocenters. The molecule has 8 heteroatoms. The van der Waals surface area contributed by atoms with Gasteiger partial charge in [-0.25, -0.2) is 4.39 Å². The number of hydrogen-bond acceptors (Lipinski definition) is 5. The first kappa shape index (κ1) is 20.4. The normalized spacial score (nSPS) is 17.7. The summed E-state index contributed by atoms with van der Waals surface area (Å²) >= 11 is 0. The lowest BCUT2D eigenvalue weighted by atomic mass is 10.1. The molecule has 1 saturated heterocycles. The first-order valence-electron chi connectivity index (χ1n) is 11.1. The second kappa shape index (κ2) is 8.90. The Bertz CT molecular complexity index is 1020. The fraction of sp³-hybridized carbons (Fsp3) is 0.478. The summed E-state index contributed by atoms with van der Waals surface area (Å²) in [6.07, 6.45) is 2.85. The van der Waals surface area contributed by atoms with E-state index in [1.807, 2.05) is 6.20 Å². The number of aromatic amines is 1. The minimum atomic E-state index is -0.225. The summed E-state index contributed by atoms with van der Waals surface area (Å²) < 4.78 is 21.1. The average molecular weight is 425 g/mol. The lowest BCUT2D eigenvalue weighted by Gasteiger charge is -2.34. The van der Waals surface area contributed by atoms with Gasteiger partial charge in [0.2, 0.25) is 0 Å². The van der Waals surface area contributed by atoms with E-state index in [1.165, 1.54) is 29.1 Å². The summed E-state index contributed by atoms with van der Waals surface area (Å²) in [5, 5.41) is 12.2. The van der Waals surface area contributed by atoms with Gasteiger partial charge < -0.3 is 4.74 Å². The summed E-state index contributed by atoms with van der Waals surface area (Å²) in [5.74, 6) is -0.225. The number of nitrogens with zero attached hydrogens (tertiary/aromatic N) is 5. The van der Waals surface area contributed by atoms with E-state index in [1.54, 1.807) is 12.1 Å². The Labute approximate surface area is 181 Å². The van der Waals surface area contributed by atoms with E-state index < -0.39 is 0 Å². The van der Waals surface area contributed by atoms with Crippen molar-refractivity contribution in [3.8, 4) is 11.3 Å². The minimum Gasteiger partial charge on any atom is -0.376 e. The van der Waals surface area contributed by atoms with Gasteiger partial charge in [0.25, 0.3) is 0 Å². The van der Waals surface area contributed by atoms with Crippen molar-refractivity contribution in [3.05, 3.63) is 58.8 Å². The molecule has 0 bridgehead atoms. The smallest absolute Gasteiger partial charge is 0.123 e. The molecule has 4 heterocycles. The van der Waals surface area contributed by atoms with Gasteiger partial charge in [-0.1, -0.05) is 0 Å². The molecule has 2 aromatic heterocycles. The van der Waals surface area contributed by atoms with E-state index in [4.69, 9.17) is 9.84 Å². The first-order chi connectivity index (χ1) is 15.2. The predicted molar refractivity (Wildman–Crippen MR) is 116 cm³/mol. The number of benzene rings is 1. The van der Waals surface area contributed by atoms with E-state index >= 15 is 0 Å². The Balaban J connectivity index is 1.20. The van der Waals surface area contributed by atoms with Crippen LogP contribution in [0.1, 0.15) is 29.4 Å². The molecule has 2 aliphatic heterocycles. The van der Waals surface area contributed by atoms with E-state index in [9.17, 15) is 4.39 Å². The molecule has 1 N–H and O–H groups in total. The molecule has 7 nitrogen and oxygen atoms in total. The van der Waals surface area contributed by atoms with Crippen molar-refractivity contribution in [1.29, 1.82) is 0 Å². The maximum Gasteiger partial charge on any atom is 0.123 e. The molecule has 0 atom stereocenters. The highest BCUT2D eigenvalue weighted by Gasteiger charge is 2.24. The number of H-pyrrole nitrogens is 1. The third-order valence-corrected chi connectivity index (χ3v) is 6.36. The van der Waals surface area contributed by atoms with Gasteiger partial charge in [0.05, 0.1) is 30.8 Å². The second-order valence-corrected chi connectivity index (χ2v) is 8.32. The molecule has 31 heavy (non-hydrogen) atoms. The molecule has 0 saturated carbocycles. The van der Waals surface area contributed by atoms with Crippen LogP contribution in [0, 0.1) is 5.82 Å². The SMILES string of the molecule is CCn1nc(CN2CCN(Cc3cn[nH]c3-c3ccc(F)cc3)CC2)c2c1CCOC2. The highest BCUT2D eigenvalue weighted by Crippen LogP contribution is 2.25. The first-order valence-corrected chi connectivity index (χ1v) is 11.1. The molecular formula is C23H29FN6O. The number of rotatable bonds is 6. The average Bonchev–Trinajstić information content (AvgIpc) is 3.40. The zero-order valence-electron chi connectivity index (χ0n) is 18.0. The summed E-state index contributed by atoms with van der Waals surface area (Å²) in [6, 6.07) is 6.57. The van der Waals surface area contributed by atoms with Crippen LogP contribution in [0.3, 0.4) is 0 Å². The Morgan fingerprint density at radius 1 is 1.06 bits per heavy atom. The summed E-state index contributed by atoms with van der Waals surface area (Å²) in [7, 11) is 0. The Kier molecular flexibility index (Phi) is 5.85. The van der Waals surface area contributed by atoms with Crippen molar-refractivity contribution in [2.75, 3.05) is 32.8 Å². The molecule has 1 fully saturated rings. The largest absolute Gasteiger partial charge is 0.376 e. The predicted octanol–water partition coefficient (Wildman–Crippen LogP) is 2.82. The van der Waals surface area contributed by atoms with Gasteiger partial charge in [-0.2, -0.15) is 10.2 Å². The number of halogens is 1. The molecular weight excluding hydrogens is 395 g/mol. The van der Waals surface area contributed by atoms with Crippen LogP contribution in [0.2, 0.25) is 0 Å². The monoisotopic (exact) mass is 424 g/mol. The van der Waals surface area contributed by atoms with Crippen molar-refractivity contribution in [3.63, 3.8) is 0 Å². The molecule has 164 valence electrons. The van der Waals surface area contributed by atoms with Gasteiger partial charge in [0.15, 0.2) is 0 Å². The van der Waals surface area contributed by atoms with Gasteiger partial charge in [-0.05, 0) is 31.2 Å². The quantitative estimate of drug-likeness (QED) is 0.659. The molecule has 0 radical (unpaired) electrons. The van der Waals surface area contributed by atoms with Crippen molar-refractivity contribution in [2.24, 2.45) is 0 Å². The highest BCUT2D eigenvalue weighted by atomic mass is 19.1. The van der Waals surface area contributed by atoms with Gasteiger partial charge in [-0.15, -0.1) is 0 Å². The minimum absolute atomic E-state index is 0.225. The molecule has 0 spiro atoms. The lowest BCUT2D eigenvalue weighted by molar-refractivity contribution is 0.104. The van der Waals surface area contributed by atoms with Crippen LogP contribution in [0.5, 0.6) is 0 Å². The molecule has 3 aromatic rings. The van der Waals surface area contributed by atoms with Crippen molar-refractivity contribution in [1.82, 2.24) is 29.8 Å². The summed E-state index contributed by atoms with van der Waals surface area (Å²) in [6.45, 7) is 10.3. The molecule has 2 aliphatic rings. The number of hydrogen-bond donors (Lipinski definition) is 1. The molecule has 5 rings (SSSR count). The van der Waals surface area contributed by atoms with Crippen molar-refractivity contribution < 1.29 is 9.13 Å². The highest BCUT2D eigenvalue weighted by molar-refractivity contribution is 5.62. The Hall–Kier alpha value is -2.55. The van der Waals surface area contributed by atoms with Gasteiger partial charge >= 0.3 is 0 Å². The fourth-order valence-corrected chi connectivity index (χ4v) is 4.62. The van der Waals surface area contributed by atoms with E-state index in [0.29, 0.717) is 6.61 Å². The standard InChI is InChI=1S/C23H29FN6O/c1-2-30-22-7-12-31-16-20(22)21(27-30)15-29-10-8-28(9-11-29)14-18-13-25-26-23(18)17-3-5-19(24)6-4-17/h3-6,13H,2,7-12,14-16H2,1H3,(H,25,26). The molecule has 0 amide bonds. The van der Waals surface area contributed by atoms with Gasteiger partial charge in [0.1, 0.15) is 5.82 Å². The number of piperazine rings is 1. The van der Waals surface area contributed by atoms with Crippen molar-refractivity contribution in [2.45, 2.75) is 39.6 Å². The van der Waals surface area contributed by atoms with Gasteiger partial charge in [-0.3, -0.25) is 19.6 Å². The number of aryl methyl sites for hydroxylation is 1. The summed E-state index contributed by atoms with van der Waals surface area (Å²) in [4.78, 5) is 4.95. The van der Waals surface area contributed by atoms with E-state index in [2.05, 4.69) is 31.6 Å². The zero-order valence-corrected chi connectivity index (χ0v) is 18.0. The van der Waals surface area contributed by atoms with Crippen LogP contribution in [0.25, 0.3) is 11.3 Å². The third-order valence-electron chi connectivity index (χ3n) is 6.36. The van der Waals surface area contributed by atoms with Crippen LogP contribution in [-0.2, 0) is 37.4 Å². The maximum atomic E-state index is 13.3. The van der Waals surface area contributed by atoms with Crippen LogP contribution >= 0.6 is 0 Å². The molecule has 1 aromatic carbocycles. The van der Waals surface area contributed by atoms with Crippen molar-refractivity contribution >= 4 is 0 Å². The second-order valence-electron chi connectivity index (χ2n) is 8.32. The van der Waals surface area contributed by atoms with Crippen LogP contribution < -0.4 is 0 Å². The van der Waals surface area contributed by atoms with E-state index in [-0.39, 0.29) is 5.82 Å². The van der Waals surface area contributed by atoms with Crippen LogP contribution in [-0.4, -0.2) is 62.6 Å². The lowest BCUT2D eigenvalue weighted by Crippen LogP contribution is -2.45. The topological polar surface area (TPSA) is 62.2 Å². The Morgan fingerprint density at radius 3 is 2.55 bits per heavy atom. The maximum absolute atomic E-state index is 13.3. The van der Waals surface area contributed by atoms with Gasteiger partial charge in [0, 0.05) is 74.6 Å². The molecule has 0 aliphatic carbocycles.